The third kappa shape index (κ3) is 1.95. The fourth-order valence-corrected chi connectivity index (χ4v) is 1.56. The highest BCUT2D eigenvalue weighted by molar-refractivity contribution is 5.92. The van der Waals surface area contributed by atoms with Gasteiger partial charge in [-0.3, -0.25) is 9.59 Å². The molecule has 0 bridgehead atoms. The minimum absolute atomic E-state index is 0.0702. The van der Waals surface area contributed by atoms with E-state index in [1.165, 1.54) is 17.0 Å². The summed E-state index contributed by atoms with van der Waals surface area (Å²) in [6.07, 6.45) is -1.85. The lowest BCUT2D eigenvalue weighted by atomic mass is 10.3. The molecule has 1 amide bonds. The van der Waals surface area contributed by atoms with E-state index in [4.69, 9.17) is 0 Å². The number of carbonyl (C=O) groups is 1. The summed E-state index contributed by atoms with van der Waals surface area (Å²) in [6.45, 7) is 0.140. The lowest BCUT2D eigenvalue weighted by Crippen LogP contribution is -2.31. The number of hydrogen-bond donors (Lipinski definition) is 3. The molecule has 1 fully saturated rings. The quantitative estimate of drug-likeness (QED) is 0.510. The first-order valence-corrected chi connectivity index (χ1v) is 4.79. The van der Waals surface area contributed by atoms with Crippen molar-refractivity contribution in [1.82, 2.24) is 15.1 Å². The van der Waals surface area contributed by atoms with E-state index in [1.54, 1.807) is 0 Å². The molecule has 2 rings (SSSR count). The van der Waals surface area contributed by atoms with Gasteiger partial charge in [-0.1, -0.05) is 0 Å². The summed E-state index contributed by atoms with van der Waals surface area (Å²) in [7, 11) is 0. The maximum absolute atomic E-state index is 11.8. The normalized spacial score (nSPS) is 24.8. The highest BCUT2D eigenvalue weighted by atomic mass is 16.3. The zero-order valence-electron chi connectivity index (χ0n) is 8.33. The van der Waals surface area contributed by atoms with Crippen molar-refractivity contribution in [2.24, 2.45) is 0 Å². The van der Waals surface area contributed by atoms with Gasteiger partial charge in [-0.15, -0.1) is 0 Å². The first kappa shape index (κ1) is 10.8. The number of aromatic nitrogens is 2. The number of aliphatic hydroxyl groups is 2. The summed E-state index contributed by atoms with van der Waals surface area (Å²) in [5.41, 5.74) is -0.307. The number of rotatable bonds is 1. The third-order valence-electron chi connectivity index (χ3n) is 2.44. The van der Waals surface area contributed by atoms with Gasteiger partial charge in [0.05, 0.1) is 12.2 Å². The molecule has 1 aliphatic heterocycles. The molecule has 0 saturated carbocycles. The Kier molecular flexibility index (Phi) is 2.71. The van der Waals surface area contributed by atoms with Gasteiger partial charge >= 0.3 is 0 Å². The van der Waals surface area contributed by atoms with Crippen molar-refractivity contribution in [3.8, 4) is 0 Å². The Hall–Kier alpha value is -1.73. The van der Waals surface area contributed by atoms with Gasteiger partial charge in [0.1, 0.15) is 5.69 Å². The number of nitrogens with zero attached hydrogens (tertiary/aromatic N) is 2. The second-order valence-corrected chi connectivity index (χ2v) is 3.65. The number of carbonyl (C=O) groups excluding carboxylic acids is 1. The van der Waals surface area contributed by atoms with E-state index in [1.807, 2.05) is 0 Å². The van der Waals surface area contributed by atoms with Crippen LogP contribution in [0, 0.1) is 0 Å². The summed E-state index contributed by atoms with van der Waals surface area (Å²) in [4.78, 5) is 23.8. The lowest BCUT2D eigenvalue weighted by molar-refractivity contribution is 0.0572. The van der Waals surface area contributed by atoms with Crippen molar-refractivity contribution < 1.29 is 15.0 Å². The van der Waals surface area contributed by atoms with Crippen LogP contribution >= 0.6 is 0 Å². The van der Waals surface area contributed by atoms with Crippen LogP contribution in [-0.2, 0) is 0 Å². The molecular formula is C9H11N3O4. The molecule has 1 aliphatic rings. The molecule has 16 heavy (non-hydrogen) atoms. The molecule has 2 heterocycles. The molecule has 0 aromatic carbocycles. The van der Waals surface area contributed by atoms with Gasteiger partial charge in [0.15, 0.2) is 0 Å². The second-order valence-electron chi connectivity index (χ2n) is 3.65. The number of hydrogen-bond acceptors (Lipinski definition) is 5. The molecular weight excluding hydrogens is 214 g/mol. The summed E-state index contributed by atoms with van der Waals surface area (Å²) in [5, 5.41) is 24.3. The van der Waals surface area contributed by atoms with Crippen LogP contribution in [0.3, 0.4) is 0 Å². The van der Waals surface area contributed by atoms with Crippen molar-refractivity contribution in [3.05, 3.63) is 28.2 Å². The third-order valence-corrected chi connectivity index (χ3v) is 2.44. The summed E-state index contributed by atoms with van der Waals surface area (Å²) >= 11 is 0. The van der Waals surface area contributed by atoms with Crippen molar-refractivity contribution in [2.75, 3.05) is 13.1 Å². The van der Waals surface area contributed by atoms with Crippen LogP contribution in [0.2, 0.25) is 0 Å². The summed E-state index contributed by atoms with van der Waals surface area (Å²) in [6, 6.07) is 2.50. The van der Waals surface area contributed by atoms with Crippen LogP contribution in [0.25, 0.3) is 0 Å². The molecule has 2 atom stereocenters. The van der Waals surface area contributed by atoms with Crippen LogP contribution in [0.5, 0.6) is 0 Å². The predicted molar refractivity (Wildman–Crippen MR) is 52.8 cm³/mol. The van der Waals surface area contributed by atoms with Crippen LogP contribution < -0.4 is 5.56 Å². The largest absolute Gasteiger partial charge is 0.388 e. The maximum atomic E-state index is 11.8. The van der Waals surface area contributed by atoms with Gasteiger partial charge in [0.25, 0.3) is 11.5 Å². The standard InChI is InChI=1S/C9H11N3O4/c13-6-3-12(4-7(6)14)9(16)5-1-2-8(15)11-10-5/h1-2,6-7,13-14H,3-4H2,(H,11,15). The Balaban J connectivity index is 2.14. The highest BCUT2D eigenvalue weighted by Crippen LogP contribution is 2.12. The number of aliphatic hydroxyl groups excluding tert-OH is 2. The second kappa shape index (κ2) is 4.03. The van der Waals surface area contributed by atoms with Gasteiger partial charge in [-0.05, 0) is 6.07 Å². The first-order chi connectivity index (χ1) is 7.58. The van der Waals surface area contributed by atoms with Gasteiger partial charge in [0.2, 0.25) is 0 Å². The Bertz CT molecular complexity index is 428. The van der Waals surface area contributed by atoms with Gasteiger partial charge in [-0.25, -0.2) is 5.10 Å². The maximum Gasteiger partial charge on any atom is 0.274 e. The Morgan fingerprint density at radius 1 is 1.38 bits per heavy atom. The van der Waals surface area contributed by atoms with Gasteiger partial charge in [-0.2, -0.15) is 5.10 Å². The van der Waals surface area contributed by atoms with Crippen LogP contribution in [0.4, 0.5) is 0 Å². The Morgan fingerprint density at radius 2 is 2.00 bits per heavy atom. The highest BCUT2D eigenvalue weighted by Gasteiger charge is 2.33. The molecule has 0 radical (unpaired) electrons. The minimum Gasteiger partial charge on any atom is -0.388 e. The van der Waals surface area contributed by atoms with E-state index in [0.717, 1.165) is 0 Å². The van der Waals surface area contributed by atoms with Gasteiger partial charge in [0, 0.05) is 19.2 Å². The predicted octanol–water partition coefficient (Wildman–Crippen LogP) is -2.05. The zero-order valence-corrected chi connectivity index (χ0v) is 8.33. The molecule has 3 N–H and O–H groups in total. The average Bonchev–Trinajstić information content (AvgIpc) is 2.59. The fraction of sp³-hybridized carbons (Fsp3) is 0.444. The smallest absolute Gasteiger partial charge is 0.274 e. The number of nitrogens with one attached hydrogen (secondary N) is 1. The Labute approximate surface area is 90.3 Å². The van der Waals surface area contributed by atoms with E-state index < -0.39 is 23.7 Å². The fourth-order valence-electron chi connectivity index (χ4n) is 1.56. The average molecular weight is 225 g/mol. The number of β-amino-alcohol motifs (C(OH)–C–C–N with tert-alkyl or cyclic N) is 2. The molecule has 1 aromatic heterocycles. The molecule has 0 aliphatic carbocycles. The monoisotopic (exact) mass is 225 g/mol. The minimum atomic E-state index is -0.924. The summed E-state index contributed by atoms with van der Waals surface area (Å²) in [5.74, 6) is -0.424. The van der Waals surface area contributed by atoms with Crippen molar-refractivity contribution in [3.63, 3.8) is 0 Å². The van der Waals surface area contributed by atoms with Crippen LogP contribution in [0.15, 0.2) is 16.9 Å². The molecule has 2 unspecified atom stereocenters. The first-order valence-electron chi connectivity index (χ1n) is 4.79. The number of likely N-dealkylation sites (tertiary alicyclic amines) is 1. The Morgan fingerprint density at radius 3 is 2.50 bits per heavy atom. The molecule has 86 valence electrons. The van der Waals surface area contributed by atoms with E-state index in [9.17, 15) is 19.8 Å². The van der Waals surface area contributed by atoms with E-state index in [0.29, 0.717) is 0 Å². The number of amides is 1. The molecule has 1 aromatic rings. The van der Waals surface area contributed by atoms with E-state index >= 15 is 0 Å². The summed E-state index contributed by atoms with van der Waals surface area (Å²) < 4.78 is 0. The SMILES string of the molecule is O=C(c1ccc(=O)[nH]n1)N1CC(O)C(O)C1. The molecule has 7 nitrogen and oxygen atoms in total. The lowest BCUT2D eigenvalue weighted by Gasteiger charge is -2.13. The topological polar surface area (TPSA) is 107 Å². The number of aromatic amines is 1. The van der Waals surface area contributed by atoms with E-state index in [-0.39, 0.29) is 18.8 Å². The van der Waals surface area contributed by atoms with Crippen molar-refractivity contribution in [2.45, 2.75) is 12.2 Å². The van der Waals surface area contributed by atoms with Crippen molar-refractivity contribution >= 4 is 5.91 Å². The van der Waals surface area contributed by atoms with Crippen LogP contribution in [-0.4, -0.2) is 56.5 Å². The zero-order chi connectivity index (χ0) is 11.7. The van der Waals surface area contributed by atoms with Crippen LogP contribution in [0.1, 0.15) is 10.5 Å². The van der Waals surface area contributed by atoms with Gasteiger partial charge < -0.3 is 15.1 Å². The molecule has 0 spiro atoms. The molecule has 1 saturated heterocycles. The number of H-pyrrole nitrogens is 1. The molecule has 7 heteroatoms. The van der Waals surface area contributed by atoms with Crippen molar-refractivity contribution in [1.29, 1.82) is 0 Å². The van der Waals surface area contributed by atoms with E-state index in [2.05, 4.69) is 10.2 Å².